The molecule has 1 aromatic carbocycles. The molecular formula is C11H10N2O3. The van der Waals surface area contributed by atoms with E-state index in [-0.39, 0.29) is 17.9 Å². The van der Waals surface area contributed by atoms with Crippen LogP contribution in [0.4, 0.5) is 0 Å². The van der Waals surface area contributed by atoms with Gasteiger partial charge in [-0.15, -0.1) is 0 Å². The smallest absolute Gasteiger partial charge is 0.328 e. The second kappa shape index (κ2) is 4.06. The van der Waals surface area contributed by atoms with Crippen LogP contribution in [-0.2, 0) is 6.54 Å². The third-order valence-corrected chi connectivity index (χ3v) is 2.20. The maximum atomic E-state index is 11.4. The Morgan fingerprint density at radius 1 is 1.25 bits per heavy atom. The SMILES string of the molecule is O=c1cc[nH]c(=O)n1Cc1cccc(O)c1. The molecule has 0 fully saturated rings. The van der Waals surface area contributed by atoms with E-state index in [4.69, 9.17) is 0 Å². The van der Waals surface area contributed by atoms with Crippen molar-refractivity contribution in [1.29, 1.82) is 0 Å². The molecule has 5 heteroatoms. The van der Waals surface area contributed by atoms with E-state index in [2.05, 4.69) is 4.98 Å². The van der Waals surface area contributed by atoms with Crippen LogP contribution in [0.1, 0.15) is 5.56 Å². The number of aromatic nitrogens is 2. The molecule has 2 N–H and O–H groups in total. The maximum absolute atomic E-state index is 11.4. The summed E-state index contributed by atoms with van der Waals surface area (Å²) in [7, 11) is 0. The molecule has 0 spiro atoms. The highest BCUT2D eigenvalue weighted by Crippen LogP contribution is 2.10. The van der Waals surface area contributed by atoms with Crippen LogP contribution in [0.25, 0.3) is 0 Å². The number of rotatable bonds is 2. The van der Waals surface area contributed by atoms with Crippen molar-refractivity contribution in [2.75, 3.05) is 0 Å². The summed E-state index contributed by atoms with van der Waals surface area (Å²) in [6.07, 6.45) is 1.31. The first-order valence-corrected chi connectivity index (χ1v) is 4.73. The number of nitrogens with one attached hydrogen (secondary N) is 1. The molecule has 16 heavy (non-hydrogen) atoms. The van der Waals surface area contributed by atoms with Gasteiger partial charge in [-0.3, -0.25) is 9.36 Å². The molecule has 5 nitrogen and oxygen atoms in total. The number of benzene rings is 1. The fraction of sp³-hybridized carbons (Fsp3) is 0.0909. The Morgan fingerprint density at radius 3 is 2.75 bits per heavy atom. The molecule has 2 aromatic rings. The summed E-state index contributed by atoms with van der Waals surface area (Å²) in [6.45, 7) is 0.142. The Bertz CT molecular complexity index is 585. The van der Waals surface area contributed by atoms with Gasteiger partial charge >= 0.3 is 5.69 Å². The van der Waals surface area contributed by atoms with E-state index in [9.17, 15) is 14.7 Å². The van der Waals surface area contributed by atoms with E-state index in [0.29, 0.717) is 5.56 Å². The summed E-state index contributed by atoms with van der Waals surface area (Å²) in [5, 5.41) is 9.26. The number of phenolic OH excluding ortho intramolecular Hbond substituents is 1. The molecule has 0 saturated heterocycles. The van der Waals surface area contributed by atoms with Gasteiger partial charge in [-0.25, -0.2) is 4.79 Å². The van der Waals surface area contributed by atoms with Crippen molar-refractivity contribution in [3.8, 4) is 5.75 Å². The zero-order valence-electron chi connectivity index (χ0n) is 8.38. The van der Waals surface area contributed by atoms with Crippen molar-refractivity contribution in [1.82, 2.24) is 9.55 Å². The normalized spacial score (nSPS) is 10.2. The number of phenols is 1. The van der Waals surface area contributed by atoms with E-state index in [0.717, 1.165) is 4.57 Å². The van der Waals surface area contributed by atoms with Crippen molar-refractivity contribution in [3.05, 3.63) is 62.9 Å². The first-order valence-electron chi connectivity index (χ1n) is 4.73. The summed E-state index contributed by atoms with van der Waals surface area (Å²) in [5.41, 5.74) is -0.137. The minimum atomic E-state index is -0.462. The number of hydrogen-bond acceptors (Lipinski definition) is 3. The second-order valence-electron chi connectivity index (χ2n) is 3.38. The third kappa shape index (κ3) is 2.03. The predicted molar refractivity (Wildman–Crippen MR) is 58.5 cm³/mol. The topological polar surface area (TPSA) is 75.1 Å². The lowest BCUT2D eigenvalue weighted by atomic mass is 10.2. The molecule has 0 aliphatic heterocycles. The van der Waals surface area contributed by atoms with Crippen molar-refractivity contribution in [2.24, 2.45) is 0 Å². The highest BCUT2D eigenvalue weighted by atomic mass is 16.3. The van der Waals surface area contributed by atoms with Crippen LogP contribution >= 0.6 is 0 Å². The van der Waals surface area contributed by atoms with Crippen LogP contribution in [-0.4, -0.2) is 14.7 Å². The van der Waals surface area contributed by atoms with E-state index < -0.39 is 5.69 Å². The molecular weight excluding hydrogens is 208 g/mol. The van der Waals surface area contributed by atoms with Crippen molar-refractivity contribution < 1.29 is 5.11 Å². The Labute approximate surface area is 90.6 Å². The molecule has 0 aliphatic rings. The van der Waals surface area contributed by atoms with Crippen LogP contribution in [0.5, 0.6) is 5.75 Å². The number of aromatic amines is 1. The quantitative estimate of drug-likeness (QED) is 0.760. The first-order chi connectivity index (χ1) is 7.66. The van der Waals surface area contributed by atoms with E-state index in [1.165, 1.54) is 24.4 Å². The Hall–Kier alpha value is -2.30. The van der Waals surface area contributed by atoms with Gasteiger partial charge in [0.25, 0.3) is 5.56 Å². The average molecular weight is 218 g/mol. The highest BCUT2D eigenvalue weighted by molar-refractivity contribution is 5.27. The molecule has 0 bridgehead atoms. The highest BCUT2D eigenvalue weighted by Gasteiger charge is 2.01. The molecule has 1 heterocycles. The number of H-pyrrole nitrogens is 1. The lowest BCUT2D eigenvalue weighted by Crippen LogP contribution is -2.34. The van der Waals surface area contributed by atoms with Gasteiger partial charge in [0.05, 0.1) is 6.54 Å². The Balaban J connectivity index is 2.42. The van der Waals surface area contributed by atoms with Crippen molar-refractivity contribution in [3.63, 3.8) is 0 Å². The van der Waals surface area contributed by atoms with Gasteiger partial charge in [-0.05, 0) is 17.7 Å². The zero-order valence-corrected chi connectivity index (χ0v) is 8.38. The van der Waals surface area contributed by atoms with Crippen LogP contribution in [0.2, 0.25) is 0 Å². The second-order valence-corrected chi connectivity index (χ2v) is 3.38. The molecule has 2 rings (SSSR count). The largest absolute Gasteiger partial charge is 0.508 e. The number of nitrogens with zero attached hydrogens (tertiary/aromatic N) is 1. The summed E-state index contributed by atoms with van der Waals surface area (Å²) in [5.74, 6) is 0.109. The van der Waals surface area contributed by atoms with Gasteiger partial charge < -0.3 is 10.1 Å². The third-order valence-electron chi connectivity index (χ3n) is 2.20. The predicted octanol–water partition coefficient (Wildman–Crippen LogP) is 0.290. The van der Waals surface area contributed by atoms with Crippen molar-refractivity contribution >= 4 is 0 Å². The summed E-state index contributed by atoms with van der Waals surface area (Å²) in [4.78, 5) is 25.2. The average Bonchev–Trinajstić information content (AvgIpc) is 2.24. The molecule has 1 aromatic heterocycles. The van der Waals surface area contributed by atoms with Gasteiger partial charge in [0.1, 0.15) is 5.75 Å². The molecule has 0 aliphatic carbocycles. The minimum absolute atomic E-state index is 0.109. The van der Waals surface area contributed by atoms with Gasteiger partial charge in [0.2, 0.25) is 0 Å². The monoisotopic (exact) mass is 218 g/mol. The van der Waals surface area contributed by atoms with Crippen molar-refractivity contribution in [2.45, 2.75) is 6.54 Å². The summed E-state index contributed by atoms with van der Waals surface area (Å²) in [6, 6.07) is 7.72. The minimum Gasteiger partial charge on any atom is -0.508 e. The number of hydrogen-bond donors (Lipinski definition) is 2. The van der Waals surface area contributed by atoms with Gasteiger partial charge in [-0.1, -0.05) is 12.1 Å². The van der Waals surface area contributed by atoms with Gasteiger partial charge in [0, 0.05) is 12.3 Å². The van der Waals surface area contributed by atoms with Gasteiger partial charge in [-0.2, -0.15) is 0 Å². The lowest BCUT2D eigenvalue weighted by Gasteiger charge is -2.03. The summed E-state index contributed by atoms with van der Waals surface area (Å²) < 4.78 is 1.06. The van der Waals surface area contributed by atoms with Crippen LogP contribution in [0.3, 0.4) is 0 Å². The molecule has 0 atom stereocenters. The zero-order chi connectivity index (χ0) is 11.5. The molecule has 82 valence electrons. The van der Waals surface area contributed by atoms with Crippen LogP contribution < -0.4 is 11.2 Å². The summed E-state index contributed by atoms with van der Waals surface area (Å²) >= 11 is 0. The van der Waals surface area contributed by atoms with E-state index >= 15 is 0 Å². The fourth-order valence-corrected chi connectivity index (χ4v) is 1.44. The first kappa shape index (κ1) is 10.2. The molecule has 0 unspecified atom stereocenters. The molecule has 0 amide bonds. The van der Waals surface area contributed by atoms with E-state index in [1.54, 1.807) is 12.1 Å². The standard InChI is InChI=1S/C11H10N2O3/c14-9-3-1-2-8(6-9)7-13-10(15)4-5-12-11(13)16/h1-6,14H,7H2,(H,12,16). The molecule has 0 saturated carbocycles. The van der Waals surface area contributed by atoms with Crippen LogP contribution in [0, 0.1) is 0 Å². The number of aromatic hydroxyl groups is 1. The molecule has 0 radical (unpaired) electrons. The van der Waals surface area contributed by atoms with Gasteiger partial charge in [0.15, 0.2) is 0 Å². The van der Waals surface area contributed by atoms with Crippen LogP contribution in [0.15, 0.2) is 46.1 Å². The Morgan fingerprint density at radius 2 is 2.06 bits per heavy atom. The Kier molecular flexibility index (Phi) is 2.59. The van der Waals surface area contributed by atoms with E-state index in [1.807, 2.05) is 0 Å². The lowest BCUT2D eigenvalue weighted by molar-refractivity contribution is 0.474. The maximum Gasteiger partial charge on any atom is 0.328 e. The fourth-order valence-electron chi connectivity index (χ4n) is 1.44.